The van der Waals surface area contributed by atoms with Crippen molar-refractivity contribution in [1.29, 1.82) is 0 Å². The van der Waals surface area contributed by atoms with Crippen LogP contribution in [-0.4, -0.2) is 4.98 Å². The van der Waals surface area contributed by atoms with Gasteiger partial charge in [-0.1, -0.05) is 200 Å². The Hall–Kier alpha value is -9.31. The smallest absolute Gasteiger partial charge is 0.227 e. The van der Waals surface area contributed by atoms with Gasteiger partial charge >= 0.3 is 0 Å². The summed E-state index contributed by atoms with van der Waals surface area (Å²) in [6.07, 6.45) is 0. The molecule has 1 heterocycles. The highest BCUT2D eigenvalue weighted by molar-refractivity contribution is 6.06. The summed E-state index contributed by atoms with van der Waals surface area (Å²) >= 11 is 0. The molecule has 0 amide bonds. The molecule has 0 spiro atoms. The molecule has 328 valence electrons. The number of nitrogens with zero attached hydrogens (tertiary/aromatic N) is 2. The van der Waals surface area contributed by atoms with E-state index in [1.807, 2.05) is 6.07 Å². The predicted octanol–water partition coefficient (Wildman–Crippen LogP) is 18.8. The third kappa shape index (κ3) is 7.56. The fraction of sp³-hybridized carbons (Fsp3) is 0. The highest BCUT2D eigenvalue weighted by Crippen LogP contribution is 2.45. The van der Waals surface area contributed by atoms with Crippen LogP contribution in [0.25, 0.3) is 111 Å². The summed E-state index contributed by atoms with van der Waals surface area (Å²) in [7, 11) is 0. The van der Waals surface area contributed by atoms with Crippen LogP contribution in [0, 0.1) is 0 Å². The molecule has 0 radical (unpaired) electrons. The average Bonchev–Trinajstić information content (AvgIpc) is 3.89. The minimum atomic E-state index is 0.608. The van der Waals surface area contributed by atoms with Crippen LogP contribution in [0.2, 0.25) is 0 Å². The Bertz CT molecular complexity index is 4040. The molecule has 3 heteroatoms. The summed E-state index contributed by atoms with van der Waals surface area (Å²) in [5.41, 5.74) is 17.3. The Kier molecular flexibility index (Phi) is 10.2. The summed E-state index contributed by atoms with van der Waals surface area (Å²) in [5.74, 6) is 0.608. The Morgan fingerprint density at radius 1 is 0.286 bits per heavy atom. The van der Waals surface area contributed by atoms with E-state index in [-0.39, 0.29) is 0 Å². The molecule has 1 aromatic heterocycles. The normalized spacial score (nSPS) is 11.4. The van der Waals surface area contributed by atoms with Crippen LogP contribution in [0.1, 0.15) is 0 Å². The monoisotopic (exact) mass is 892 g/mol. The van der Waals surface area contributed by atoms with Gasteiger partial charge in [0.1, 0.15) is 5.52 Å². The van der Waals surface area contributed by atoms with Crippen molar-refractivity contribution in [2.45, 2.75) is 0 Å². The number of oxazole rings is 1. The van der Waals surface area contributed by atoms with Crippen molar-refractivity contribution in [2.75, 3.05) is 4.90 Å². The molecule has 0 unspecified atom stereocenters. The number of hydrogen-bond acceptors (Lipinski definition) is 3. The quantitative estimate of drug-likeness (QED) is 0.145. The lowest BCUT2D eigenvalue weighted by atomic mass is 9.94. The zero-order valence-electron chi connectivity index (χ0n) is 38.2. The van der Waals surface area contributed by atoms with E-state index in [1.165, 1.54) is 43.8 Å². The lowest BCUT2D eigenvalue weighted by Gasteiger charge is -2.29. The van der Waals surface area contributed by atoms with Crippen molar-refractivity contribution in [3.8, 4) is 67.1 Å². The van der Waals surface area contributed by atoms with E-state index < -0.39 is 0 Å². The van der Waals surface area contributed by atoms with Crippen molar-refractivity contribution < 1.29 is 4.42 Å². The minimum Gasteiger partial charge on any atom is -0.436 e. The Balaban J connectivity index is 0.958. The maximum Gasteiger partial charge on any atom is 0.227 e. The van der Waals surface area contributed by atoms with Crippen LogP contribution < -0.4 is 4.90 Å². The summed E-state index contributed by atoms with van der Waals surface area (Å²) in [5, 5.41) is 7.05. The number of rotatable bonds is 9. The van der Waals surface area contributed by atoms with Crippen molar-refractivity contribution in [3.05, 3.63) is 267 Å². The van der Waals surface area contributed by atoms with Crippen LogP contribution in [-0.2, 0) is 0 Å². The molecule has 0 bridgehead atoms. The van der Waals surface area contributed by atoms with E-state index in [1.54, 1.807) is 0 Å². The zero-order chi connectivity index (χ0) is 46.4. The maximum atomic E-state index is 6.44. The van der Waals surface area contributed by atoms with Crippen molar-refractivity contribution in [2.24, 2.45) is 0 Å². The summed E-state index contributed by atoms with van der Waals surface area (Å²) < 4.78 is 6.44. The van der Waals surface area contributed by atoms with Crippen LogP contribution in [0.5, 0.6) is 0 Å². The predicted molar refractivity (Wildman–Crippen MR) is 294 cm³/mol. The van der Waals surface area contributed by atoms with Crippen LogP contribution in [0.15, 0.2) is 271 Å². The van der Waals surface area contributed by atoms with Crippen molar-refractivity contribution in [1.82, 2.24) is 4.98 Å². The zero-order valence-corrected chi connectivity index (χ0v) is 38.2. The van der Waals surface area contributed by atoms with Gasteiger partial charge in [-0.3, -0.25) is 0 Å². The van der Waals surface area contributed by atoms with E-state index in [4.69, 9.17) is 9.40 Å². The molecular formula is C67H44N2O. The lowest BCUT2D eigenvalue weighted by Crippen LogP contribution is -2.11. The highest BCUT2D eigenvalue weighted by Gasteiger charge is 2.21. The van der Waals surface area contributed by atoms with Gasteiger partial charge in [0.15, 0.2) is 5.58 Å². The van der Waals surface area contributed by atoms with Gasteiger partial charge in [-0.05, 0) is 144 Å². The molecule has 13 aromatic rings. The second-order valence-electron chi connectivity index (χ2n) is 17.9. The fourth-order valence-corrected chi connectivity index (χ4v) is 10.1. The van der Waals surface area contributed by atoms with E-state index in [0.29, 0.717) is 5.89 Å². The van der Waals surface area contributed by atoms with Crippen LogP contribution >= 0.6 is 0 Å². The van der Waals surface area contributed by atoms with Gasteiger partial charge in [0.05, 0.1) is 5.69 Å². The minimum absolute atomic E-state index is 0.608. The van der Waals surface area contributed by atoms with E-state index >= 15 is 0 Å². The number of anilines is 3. The van der Waals surface area contributed by atoms with Gasteiger partial charge in [-0.25, -0.2) is 4.98 Å². The van der Waals surface area contributed by atoms with Crippen molar-refractivity contribution in [3.63, 3.8) is 0 Å². The fourth-order valence-electron chi connectivity index (χ4n) is 10.1. The number of aromatic nitrogens is 1. The first kappa shape index (κ1) is 40.9. The first-order chi connectivity index (χ1) is 34.7. The molecule has 70 heavy (non-hydrogen) atoms. The van der Waals surface area contributed by atoms with Gasteiger partial charge < -0.3 is 9.32 Å². The van der Waals surface area contributed by atoms with Crippen molar-refractivity contribution >= 4 is 60.5 Å². The number of hydrogen-bond donors (Lipinski definition) is 0. The first-order valence-electron chi connectivity index (χ1n) is 23.8. The molecule has 0 saturated heterocycles. The summed E-state index contributed by atoms with van der Waals surface area (Å²) in [6.45, 7) is 0. The molecule has 3 nitrogen and oxygen atoms in total. The average molecular weight is 893 g/mol. The van der Waals surface area contributed by atoms with E-state index in [9.17, 15) is 0 Å². The standard InChI is InChI=1S/C67H44N2O/c1-3-13-45(14-4-1)48-25-28-51(29-26-48)67-68-66-62-38-33-57(42-56(62)35-40-65(66)70-67)63-44-54(46-15-5-2-6-16-46)34-39-64(63)69(58-36-31-49(32-37-58)53-30-27-47-17-7-8-19-52(47)41-53)59-22-11-21-55(43-59)61-24-12-20-50-18-9-10-23-60(50)61/h1-44H. The second-order valence-corrected chi connectivity index (χ2v) is 17.9. The highest BCUT2D eigenvalue weighted by atomic mass is 16.3. The topological polar surface area (TPSA) is 29.3 Å². The van der Waals surface area contributed by atoms with Gasteiger partial charge in [0, 0.05) is 27.9 Å². The third-order valence-electron chi connectivity index (χ3n) is 13.7. The van der Waals surface area contributed by atoms with Gasteiger partial charge in [-0.2, -0.15) is 0 Å². The number of fused-ring (bicyclic) bond motifs is 5. The molecule has 12 aromatic carbocycles. The first-order valence-corrected chi connectivity index (χ1v) is 23.8. The second kappa shape index (κ2) is 17.4. The largest absolute Gasteiger partial charge is 0.436 e. The Morgan fingerprint density at radius 2 is 0.829 bits per heavy atom. The molecule has 0 aliphatic carbocycles. The summed E-state index contributed by atoms with van der Waals surface area (Å²) in [6, 6.07) is 95.9. The molecular weight excluding hydrogens is 849 g/mol. The maximum absolute atomic E-state index is 6.44. The van der Waals surface area contributed by atoms with Gasteiger partial charge in [0.2, 0.25) is 5.89 Å². The van der Waals surface area contributed by atoms with Crippen LogP contribution in [0.4, 0.5) is 17.1 Å². The molecule has 0 aliphatic heterocycles. The van der Waals surface area contributed by atoms with Crippen LogP contribution in [0.3, 0.4) is 0 Å². The molecule has 0 atom stereocenters. The third-order valence-corrected chi connectivity index (χ3v) is 13.7. The van der Waals surface area contributed by atoms with E-state index in [2.05, 4.69) is 266 Å². The summed E-state index contributed by atoms with van der Waals surface area (Å²) in [4.78, 5) is 7.54. The molecule has 0 N–H and O–H groups in total. The Labute approximate surface area is 406 Å². The lowest BCUT2D eigenvalue weighted by molar-refractivity contribution is 0.620. The van der Waals surface area contributed by atoms with Gasteiger partial charge in [-0.15, -0.1) is 0 Å². The molecule has 13 rings (SSSR count). The van der Waals surface area contributed by atoms with E-state index in [0.717, 1.165) is 77.9 Å². The Morgan fingerprint density at radius 3 is 1.64 bits per heavy atom. The van der Waals surface area contributed by atoms with Gasteiger partial charge in [0.25, 0.3) is 0 Å². The molecule has 0 saturated carbocycles. The molecule has 0 fully saturated rings. The molecule has 0 aliphatic rings. The number of benzene rings is 12. The SMILES string of the molecule is c1ccc(-c2ccc(-c3nc4c(ccc5cc(-c6cc(-c7ccccc7)ccc6N(c6ccc(-c7ccc8ccccc8c7)cc6)c6cccc(-c7cccc8ccccc78)c6)ccc54)o3)cc2)cc1.